The summed E-state index contributed by atoms with van der Waals surface area (Å²) >= 11 is 0. The van der Waals surface area contributed by atoms with Crippen LogP contribution in [-0.2, 0) is 4.79 Å². The van der Waals surface area contributed by atoms with Crippen LogP contribution in [0.1, 0.15) is 39.1 Å². The molecule has 0 saturated carbocycles. The van der Waals surface area contributed by atoms with Crippen LogP contribution in [0.25, 0.3) is 0 Å². The Morgan fingerprint density at radius 3 is 2.29 bits per heavy atom. The second kappa shape index (κ2) is 8.21. The van der Waals surface area contributed by atoms with Gasteiger partial charge in [0, 0.05) is 29.9 Å². The molecule has 0 aromatic heterocycles. The quantitative estimate of drug-likeness (QED) is 0.847. The summed E-state index contributed by atoms with van der Waals surface area (Å²) in [6, 6.07) is 10.5. The van der Waals surface area contributed by atoms with Gasteiger partial charge in [0.1, 0.15) is 5.82 Å². The van der Waals surface area contributed by atoms with Gasteiger partial charge in [0.25, 0.3) is 11.8 Å². The summed E-state index contributed by atoms with van der Waals surface area (Å²) in [6.45, 7) is 2.49. The van der Waals surface area contributed by atoms with Crippen molar-refractivity contribution in [1.29, 1.82) is 0 Å². The molecule has 28 heavy (non-hydrogen) atoms. The number of aryl methyl sites for hydroxylation is 1. The minimum Gasteiger partial charge on any atom is -0.481 e. The van der Waals surface area contributed by atoms with Gasteiger partial charge >= 0.3 is 5.97 Å². The highest BCUT2D eigenvalue weighted by Gasteiger charge is 2.27. The molecule has 1 heterocycles. The third-order valence-electron chi connectivity index (χ3n) is 4.95. The van der Waals surface area contributed by atoms with Crippen molar-refractivity contribution in [2.24, 2.45) is 5.92 Å². The molecule has 146 valence electrons. The molecule has 2 aromatic carbocycles. The lowest BCUT2D eigenvalue weighted by Crippen LogP contribution is -2.40. The number of carboxylic acid groups (broad SMARTS) is 1. The Balaban J connectivity index is 1.62. The molecule has 0 aliphatic carbocycles. The Bertz CT molecular complexity index is 903. The minimum absolute atomic E-state index is 0.156. The van der Waals surface area contributed by atoms with Crippen molar-refractivity contribution in [3.05, 3.63) is 65.0 Å². The Labute approximate surface area is 162 Å². The van der Waals surface area contributed by atoms with Crippen LogP contribution in [-0.4, -0.2) is 40.9 Å². The first-order valence-corrected chi connectivity index (χ1v) is 9.05. The van der Waals surface area contributed by atoms with E-state index in [1.165, 1.54) is 18.2 Å². The van der Waals surface area contributed by atoms with Crippen LogP contribution in [0.5, 0.6) is 0 Å². The van der Waals surface area contributed by atoms with E-state index in [0.29, 0.717) is 48.3 Å². The number of hydrogen-bond acceptors (Lipinski definition) is 3. The van der Waals surface area contributed by atoms with Crippen molar-refractivity contribution in [2.75, 3.05) is 18.4 Å². The number of piperidine rings is 1. The number of benzene rings is 2. The molecule has 1 aliphatic heterocycles. The third kappa shape index (κ3) is 4.36. The van der Waals surface area contributed by atoms with E-state index >= 15 is 0 Å². The second-order valence-corrected chi connectivity index (χ2v) is 6.90. The minimum atomic E-state index is -0.816. The van der Waals surface area contributed by atoms with Gasteiger partial charge in [-0.1, -0.05) is 0 Å². The maximum absolute atomic E-state index is 13.2. The molecule has 2 aromatic rings. The van der Waals surface area contributed by atoms with E-state index in [-0.39, 0.29) is 11.8 Å². The number of rotatable bonds is 4. The number of amides is 2. The van der Waals surface area contributed by atoms with Gasteiger partial charge in [-0.3, -0.25) is 14.4 Å². The van der Waals surface area contributed by atoms with E-state index in [1.807, 2.05) is 0 Å². The topological polar surface area (TPSA) is 86.7 Å². The van der Waals surface area contributed by atoms with E-state index in [1.54, 1.807) is 36.1 Å². The lowest BCUT2D eigenvalue weighted by atomic mass is 9.96. The van der Waals surface area contributed by atoms with Crippen molar-refractivity contribution in [3.63, 3.8) is 0 Å². The standard InChI is InChI=1S/C21H21FN2O4/c1-13-12-16(22)4-7-18(13)19(25)23-17-5-2-14(3-6-17)20(26)24-10-8-15(9-11-24)21(27)28/h2-7,12,15H,8-11H2,1H3,(H,23,25)(H,27,28). The Kier molecular flexibility index (Phi) is 5.73. The summed E-state index contributed by atoms with van der Waals surface area (Å²) in [5.74, 6) is -2.12. The zero-order chi connectivity index (χ0) is 20.3. The average Bonchev–Trinajstić information content (AvgIpc) is 2.68. The predicted octanol–water partition coefficient (Wildman–Crippen LogP) is 3.32. The van der Waals surface area contributed by atoms with Crippen molar-refractivity contribution in [2.45, 2.75) is 19.8 Å². The Morgan fingerprint density at radius 1 is 1.07 bits per heavy atom. The summed E-state index contributed by atoms with van der Waals surface area (Å²) in [7, 11) is 0. The summed E-state index contributed by atoms with van der Waals surface area (Å²) in [5, 5.41) is 11.8. The van der Waals surface area contributed by atoms with Gasteiger partial charge in [-0.2, -0.15) is 0 Å². The Morgan fingerprint density at radius 2 is 1.71 bits per heavy atom. The zero-order valence-corrected chi connectivity index (χ0v) is 15.4. The number of hydrogen-bond donors (Lipinski definition) is 2. The number of aliphatic carboxylic acids is 1. The molecule has 0 bridgehead atoms. The first-order valence-electron chi connectivity index (χ1n) is 9.05. The highest BCUT2D eigenvalue weighted by Crippen LogP contribution is 2.20. The number of likely N-dealkylation sites (tertiary alicyclic amines) is 1. The van der Waals surface area contributed by atoms with E-state index < -0.39 is 17.7 Å². The van der Waals surface area contributed by atoms with Gasteiger partial charge in [0.05, 0.1) is 5.92 Å². The normalized spacial score (nSPS) is 14.6. The van der Waals surface area contributed by atoms with Gasteiger partial charge in [-0.25, -0.2) is 4.39 Å². The fourth-order valence-corrected chi connectivity index (χ4v) is 3.29. The number of halogens is 1. The maximum atomic E-state index is 13.2. The SMILES string of the molecule is Cc1cc(F)ccc1C(=O)Nc1ccc(C(=O)N2CCC(C(=O)O)CC2)cc1. The maximum Gasteiger partial charge on any atom is 0.306 e. The molecule has 1 saturated heterocycles. The monoisotopic (exact) mass is 384 g/mol. The highest BCUT2D eigenvalue weighted by atomic mass is 19.1. The van der Waals surface area contributed by atoms with Crippen molar-refractivity contribution in [3.8, 4) is 0 Å². The van der Waals surface area contributed by atoms with E-state index in [2.05, 4.69) is 5.32 Å². The van der Waals surface area contributed by atoms with Gasteiger partial charge in [-0.15, -0.1) is 0 Å². The van der Waals surface area contributed by atoms with E-state index in [4.69, 9.17) is 5.11 Å². The van der Waals surface area contributed by atoms with E-state index in [9.17, 15) is 18.8 Å². The van der Waals surface area contributed by atoms with Crippen LogP contribution >= 0.6 is 0 Å². The number of carboxylic acids is 1. The molecule has 0 atom stereocenters. The number of carbonyl (C=O) groups excluding carboxylic acids is 2. The lowest BCUT2D eigenvalue weighted by molar-refractivity contribution is -0.143. The highest BCUT2D eigenvalue weighted by molar-refractivity contribution is 6.05. The van der Waals surface area contributed by atoms with Crippen molar-refractivity contribution in [1.82, 2.24) is 4.90 Å². The van der Waals surface area contributed by atoms with Crippen LogP contribution in [0.4, 0.5) is 10.1 Å². The third-order valence-corrected chi connectivity index (χ3v) is 4.95. The smallest absolute Gasteiger partial charge is 0.306 e. The molecule has 1 fully saturated rings. The van der Waals surface area contributed by atoms with Gasteiger partial charge < -0.3 is 15.3 Å². The average molecular weight is 384 g/mol. The van der Waals surface area contributed by atoms with Crippen molar-refractivity contribution >= 4 is 23.5 Å². The number of nitrogens with zero attached hydrogens (tertiary/aromatic N) is 1. The molecule has 2 N–H and O–H groups in total. The largest absolute Gasteiger partial charge is 0.481 e. The van der Waals surface area contributed by atoms with Crippen LogP contribution in [0.3, 0.4) is 0 Å². The van der Waals surface area contributed by atoms with Crippen LogP contribution in [0.2, 0.25) is 0 Å². The van der Waals surface area contributed by atoms with Crippen LogP contribution in [0, 0.1) is 18.7 Å². The molecule has 0 radical (unpaired) electrons. The summed E-state index contributed by atoms with van der Waals surface area (Å²) in [4.78, 5) is 37.6. The first kappa shape index (κ1) is 19.5. The number of anilines is 1. The van der Waals surface area contributed by atoms with Gasteiger partial charge in [0.2, 0.25) is 0 Å². The number of nitrogens with one attached hydrogen (secondary N) is 1. The molecule has 0 unspecified atom stereocenters. The van der Waals surface area contributed by atoms with Crippen molar-refractivity contribution < 1.29 is 23.9 Å². The summed E-state index contributed by atoms with van der Waals surface area (Å²) in [6.07, 6.45) is 0.901. The molecule has 0 spiro atoms. The van der Waals surface area contributed by atoms with E-state index in [0.717, 1.165) is 0 Å². The molecular weight excluding hydrogens is 363 g/mol. The first-order chi connectivity index (χ1) is 13.3. The summed E-state index contributed by atoms with van der Waals surface area (Å²) in [5.41, 5.74) is 1.91. The zero-order valence-electron chi connectivity index (χ0n) is 15.4. The van der Waals surface area contributed by atoms with Crippen LogP contribution in [0.15, 0.2) is 42.5 Å². The molecule has 6 nitrogen and oxygen atoms in total. The molecule has 3 rings (SSSR count). The second-order valence-electron chi connectivity index (χ2n) is 6.90. The number of carbonyl (C=O) groups is 3. The molecule has 7 heteroatoms. The predicted molar refractivity (Wildman–Crippen MR) is 102 cm³/mol. The fraction of sp³-hybridized carbons (Fsp3) is 0.286. The molecular formula is C21H21FN2O4. The molecule has 2 amide bonds. The Hall–Kier alpha value is -3.22. The molecule has 1 aliphatic rings. The van der Waals surface area contributed by atoms with Gasteiger partial charge in [-0.05, 0) is 67.8 Å². The van der Waals surface area contributed by atoms with Crippen LogP contribution < -0.4 is 5.32 Å². The lowest BCUT2D eigenvalue weighted by Gasteiger charge is -2.30. The van der Waals surface area contributed by atoms with Gasteiger partial charge in [0.15, 0.2) is 0 Å². The fourth-order valence-electron chi connectivity index (χ4n) is 3.29. The summed E-state index contributed by atoms with van der Waals surface area (Å²) < 4.78 is 13.2.